The molecular formula is C9H9N3O. The van der Waals surface area contributed by atoms with Crippen molar-refractivity contribution in [3.63, 3.8) is 0 Å². The lowest BCUT2D eigenvalue weighted by Crippen LogP contribution is -2.00. The van der Waals surface area contributed by atoms with Gasteiger partial charge < -0.3 is 0 Å². The van der Waals surface area contributed by atoms with Crippen LogP contribution >= 0.6 is 0 Å². The van der Waals surface area contributed by atoms with Crippen molar-refractivity contribution in [1.82, 2.24) is 14.6 Å². The van der Waals surface area contributed by atoms with Crippen LogP contribution in [-0.4, -0.2) is 20.4 Å². The molecule has 0 N–H and O–H groups in total. The number of rotatable bonds is 2. The number of aromatic nitrogens is 3. The molecule has 0 bridgehead atoms. The Morgan fingerprint density at radius 3 is 3.23 bits per heavy atom. The van der Waals surface area contributed by atoms with Crippen molar-refractivity contribution < 1.29 is 4.79 Å². The van der Waals surface area contributed by atoms with Gasteiger partial charge in [-0.1, -0.05) is 0 Å². The molecule has 2 heterocycles. The van der Waals surface area contributed by atoms with Crippen LogP contribution in [0, 0.1) is 0 Å². The van der Waals surface area contributed by atoms with E-state index in [2.05, 4.69) is 10.1 Å². The molecule has 0 saturated heterocycles. The Morgan fingerprint density at radius 2 is 2.46 bits per heavy atom. The van der Waals surface area contributed by atoms with Crippen LogP contribution < -0.4 is 0 Å². The van der Waals surface area contributed by atoms with Gasteiger partial charge in [-0.3, -0.25) is 4.79 Å². The first-order chi connectivity index (χ1) is 6.25. The smallest absolute Gasteiger partial charge is 0.154 e. The fourth-order valence-corrected chi connectivity index (χ4v) is 1.23. The average Bonchev–Trinajstić information content (AvgIpc) is 2.49. The molecule has 0 aromatic carbocycles. The van der Waals surface area contributed by atoms with Gasteiger partial charge in [-0.05, 0) is 12.5 Å². The average molecular weight is 175 g/mol. The second-order valence-corrected chi connectivity index (χ2v) is 2.97. The summed E-state index contributed by atoms with van der Waals surface area (Å²) in [6.07, 6.45) is 5.63. The van der Waals surface area contributed by atoms with Crippen LogP contribution in [0.5, 0.6) is 0 Å². The predicted octanol–water partition coefficient (Wildman–Crippen LogP) is 0.861. The van der Waals surface area contributed by atoms with Crippen molar-refractivity contribution >= 4 is 11.4 Å². The van der Waals surface area contributed by atoms with Crippen LogP contribution in [0.4, 0.5) is 0 Å². The van der Waals surface area contributed by atoms with E-state index in [1.807, 2.05) is 12.3 Å². The van der Waals surface area contributed by atoms with Gasteiger partial charge in [0.05, 0.1) is 6.20 Å². The van der Waals surface area contributed by atoms with E-state index in [-0.39, 0.29) is 5.78 Å². The summed E-state index contributed by atoms with van der Waals surface area (Å²) in [5, 5.41) is 4.03. The van der Waals surface area contributed by atoms with E-state index in [0.29, 0.717) is 6.42 Å². The topological polar surface area (TPSA) is 47.3 Å². The number of hydrogen-bond donors (Lipinski definition) is 0. The van der Waals surface area contributed by atoms with Crippen LogP contribution in [-0.2, 0) is 11.2 Å². The summed E-state index contributed by atoms with van der Waals surface area (Å²) in [6, 6.07) is 1.82. The quantitative estimate of drug-likeness (QED) is 0.680. The fraction of sp³-hybridized carbons (Fsp3) is 0.222. The maximum absolute atomic E-state index is 10.8. The summed E-state index contributed by atoms with van der Waals surface area (Å²) in [6.45, 7) is 1.56. The van der Waals surface area contributed by atoms with Gasteiger partial charge >= 0.3 is 0 Å². The van der Waals surface area contributed by atoms with E-state index in [4.69, 9.17) is 0 Å². The normalized spacial score (nSPS) is 10.5. The number of carbonyl (C=O) groups excluding carboxylic acids is 1. The molecule has 0 radical (unpaired) electrons. The number of nitrogens with zero attached hydrogens (tertiary/aromatic N) is 3. The molecule has 2 aromatic heterocycles. The highest BCUT2D eigenvalue weighted by Gasteiger charge is 2.00. The number of ketones is 1. The fourth-order valence-electron chi connectivity index (χ4n) is 1.23. The van der Waals surface area contributed by atoms with Crippen LogP contribution in [0.3, 0.4) is 0 Å². The Balaban J connectivity index is 2.42. The van der Waals surface area contributed by atoms with Gasteiger partial charge in [-0.2, -0.15) is 5.10 Å². The molecule has 0 atom stereocenters. The first-order valence-corrected chi connectivity index (χ1v) is 4.03. The van der Waals surface area contributed by atoms with Crippen molar-refractivity contribution in [2.24, 2.45) is 0 Å². The van der Waals surface area contributed by atoms with E-state index in [1.54, 1.807) is 23.8 Å². The number of Topliss-reactive ketones (excluding diaryl/α,β-unsaturated/α-hetero) is 1. The highest BCUT2D eigenvalue weighted by atomic mass is 16.1. The predicted molar refractivity (Wildman–Crippen MR) is 47.4 cm³/mol. The molecule has 13 heavy (non-hydrogen) atoms. The van der Waals surface area contributed by atoms with Crippen LogP contribution in [0.15, 0.2) is 24.7 Å². The second kappa shape index (κ2) is 2.97. The number of fused-ring (bicyclic) bond motifs is 1. The highest BCUT2D eigenvalue weighted by Crippen LogP contribution is 2.02. The standard InChI is InChI=1S/C9H9N3O/c1-7(13)4-8-5-10-9-2-3-11-12(9)6-8/h2-3,5-6H,4H2,1H3. The Labute approximate surface area is 75.2 Å². The summed E-state index contributed by atoms with van der Waals surface area (Å²) in [5.74, 6) is 0.133. The van der Waals surface area contributed by atoms with Crippen molar-refractivity contribution in [2.75, 3.05) is 0 Å². The highest BCUT2D eigenvalue weighted by molar-refractivity contribution is 5.78. The maximum atomic E-state index is 10.8. The molecule has 4 nitrogen and oxygen atoms in total. The molecule has 0 amide bonds. The molecule has 0 unspecified atom stereocenters. The second-order valence-electron chi connectivity index (χ2n) is 2.97. The Kier molecular flexibility index (Phi) is 1.81. The zero-order chi connectivity index (χ0) is 9.26. The molecule has 4 heteroatoms. The Morgan fingerprint density at radius 1 is 1.62 bits per heavy atom. The summed E-state index contributed by atoms with van der Waals surface area (Å²) in [4.78, 5) is 15.0. The summed E-state index contributed by atoms with van der Waals surface area (Å²) < 4.78 is 1.66. The minimum Gasteiger partial charge on any atom is -0.300 e. The molecule has 2 aromatic rings. The maximum Gasteiger partial charge on any atom is 0.154 e. The van der Waals surface area contributed by atoms with Crippen molar-refractivity contribution in [1.29, 1.82) is 0 Å². The van der Waals surface area contributed by atoms with Gasteiger partial charge in [0.25, 0.3) is 0 Å². The first kappa shape index (κ1) is 7.91. The molecule has 2 rings (SSSR count). The van der Waals surface area contributed by atoms with E-state index < -0.39 is 0 Å². The lowest BCUT2D eigenvalue weighted by Gasteiger charge is -1.97. The molecule has 0 aliphatic rings. The van der Waals surface area contributed by atoms with Crippen molar-refractivity contribution in [2.45, 2.75) is 13.3 Å². The lowest BCUT2D eigenvalue weighted by molar-refractivity contribution is -0.116. The minimum atomic E-state index is 0.133. The van der Waals surface area contributed by atoms with Gasteiger partial charge in [0.1, 0.15) is 5.78 Å². The van der Waals surface area contributed by atoms with E-state index in [9.17, 15) is 4.79 Å². The third-order valence-electron chi connectivity index (χ3n) is 1.75. The van der Waals surface area contributed by atoms with E-state index in [0.717, 1.165) is 11.2 Å². The molecular weight excluding hydrogens is 166 g/mol. The van der Waals surface area contributed by atoms with Gasteiger partial charge in [0, 0.05) is 24.9 Å². The number of carbonyl (C=O) groups is 1. The minimum absolute atomic E-state index is 0.133. The van der Waals surface area contributed by atoms with Crippen molar-refractivity contribution in [3.8, 4) is 0 Å². The first-order valence-electron chi connectivity index (χ1n) is 4.03. The Hall–Kier alpha value is -1.71. The zero-order valence-corrected chi connectivity index (χ0v) is 7.27. The van der Waals surface area contributed by atoms with Crippen LogP contribution in [0.2, 0.25) is 0 Å². The van der Waals surface area contributed by atoms with Crippen molar-refractivity contribution in [3.05, 3.63) is 30.2 Å². The molecule has 66 valence electrons. The van der Waals surface area contributed by atoms with E-state index in [1.165, 1.54) is 0 Å². The van der Waals surface area contributed by atoms with Crippen LogP contribution in [0.25, 0.3) is 5.65 Å². The summed E-state index contributed by atoms with van der Waals surface area (Å²) in [5.41, 5.74) is 1.69. The zero-order valence-electron chi connectivity index (χ0n) is 7.27. The SMILES string of the molecule is CC(=O)Cc1cnc2ccnn2c1. The Bertz CT molecular complexity index is 447. The molecule has 0 spiro atoms. The molecule has 0 aliphatic carbocycles. The van der Waals surface area contributed by atoms with Gasteiger partial charge in [-0.25, -0.2) is 9.50 Å². The van der Waals surface area contributed by atoms with Gasteiger partial charge in [0.2, 0.25) is 0 Å². The molecule has 0 fully saturated rings. The van der Waals surface area contributed by atoms with Crippen LogP contribution in [0.1, 0.15) is 12.5 Å². The lowest BCUT2D eigenvalue weighted by atomic mass is 10.2. The molecule has 0 aliphatic heterocycles. The third-order valence-corrected chi connectivity index (χ3v) is 1.75. The number of hydrogen-bond acceptors (Lipinski definition) is 3. The third kappa shape index (κ3) is 1.56. The summed E-state index contributed by atoms with van der Waals surface area (Å²) in [7, 11) is 0. The van der Waals surface area contributed by atoms with Gasteiger partial charge in [-0.15, -0.1) is 0 Å². The van der Waals surface area contributed by atoms with Gasteiger partial charge in [0.15, 0.2) is 5.65 Å². The largest absolute Gasteiger partial charge is 0.300 e. The summed E-state index contributed by atoms with van der Waals surface area (Å²) >= 11 is 0. The molecule has 0 saturated carbocycles. The van der Waals surface area contributed by atoms with E-state index >= 15 is 0 Å². The monoisotopic (exact) mass is 175 g/mol.